The lowest BCUT2D eigenvalue weighted by Crippen LogP contribution is -2.25. The van der Waals surface area contributed by atoms with E-state index in [1.165, 1.54) is 13.0 Å². The summed E-state index contributed by atoms with van der Waals surface area (Å²) in [6.45, 7) is 2.81. The van der Waals surface area contributed by atoms with E-state index in [4.69, 9.17) is 0 Å². The molecule has 0 aromatic heterocycles. The Bertz CT molecular complexity index is 608. The van der Waals surface area contributed by atoms with Crippen LogP contribution in [0.25, 0.3) is 0 Å². The summed E-state index contributed by atoms with van der Waals surface area (Å²) >= 11 is 0. The number of esters is 1. The molecule has 0 N–H and O–H groups in total. The minimum absolute atomic E-state index is 0.0741. The molecule has 0 aliphatic heterocycles. The van der Waals surface area contributed by atoms with Crippen molar-refractivity contribution in [3.8, 4) is 0 Å². The van der Waals surface area contributed by atoms with E-state index in [-0.39, 0.29) is 6.61 Å². The van der Waals surface area contributed by atoms with Crippen LogP contribution in [0.15, 0.2) is 29.2 Å². The number of halogens is 3. The number of carbonyl (C=O) groups is 1. The Hall–Kier alpha value is -1.57. The molecule has 21 heavy (non-hydrogen) atoms. The number of carbonyl (C=O) groups excluding carboxylic acids is 1. The Kier molecular flexibility index (Phi) is 5.38. The third kappa shape index (κ3) is 4.20. The largest absolute Gasteiger partial charge is 0.466 e. The maximum Gasteiger partial charge on any atom is 0.417 e. The van der Waals surface area contributed by atoms with Gasteiger partial charge in [-0.05, 0) is 26.0 Å². The van der Waals surface area contributed by atoms with Crippen molar-refractivity contribution in [2.75, 3.05) is 6.61 Å². The van der Waals surface area contributed by atoms with E-state index in [2.05, 4.69) is 4.74 Å². The van der Waals surface area contributed by atoms with Gasteiger partial charge >= 0.3 is 12.1 Å². The summed E-state index contributed by atoms with van der Waals surface area (Å²) in [6, 6.07) is 3.90. The highest BCUT2D eigenvalue weighted by molar-refractivity contribution is 7.92. The summed E-state index contributed by atoms with van der Waals surface area (Å²) < 4.78 is 67.7. The summed E-state index contributed by atoms with van der Waals surface area (Å²) in [4.78, 5) is 10.5. The van der Waals surface area contributed by atoms with Gasteiger partial charge in [-0.25, -0.2) is 8.42 Å². The number of alkyl halides is 3. The van der Waals surface area contributed by atoms with Gasteiger partial charge in [0.05, 0.1) is 28.7 Å². The van der Waals surface area contributed by atoms with Crippen molar-refractivity contribution in [2.45, 2.75) is 36.6 Å². The standard InChI is InChI=1S/C13H15F3O4S/c1-3-20-12(17)8-9(2)21(18,19)11-7-5-4-6-10(11)13(14,15)16/h4-7,9H,3,8H2,1-2H3. The summed E-state index contributed by atoms with van der Waals surface area (Å²) in [7, 11) is -4.29. The molecule has 4 nitrogen and oxygen atoms in total. The first-order valence-corrected chi connectivity index (χ1v) is 7.71. The predicted octanol–water partition coefficient (Wildman–Crippen LogP) is 2.82. The van der Waals surface area contributed by atoms with Crippen LogP contribution < -0.4 is 0 Å². The lowest BCUT2D eigenvalue weighted by atomic mass is 10.2. The second-order valence-electron chi connectivity index (χ2n) is 4.36. The van der Waals surface area contributed by atoms with Gasteiger partial charge in [-0.1, -0.05) is 12.1 Å². The van der Waals surface area contributed by atoms with Crippen LogP contribution >= 0.6 is 0 Å². The molecule has 1 atom stereocenters. The Morgan fingerprint density at radius 3 is 2.38 bits per heavy atom. The molecule has 0 bridgehead atoms. The Morgan fingerprint density at radius 2 is 1.86 bits per heavy atom. The van der Waals surface area contributed by atoms with Crippen molar-refractivity contribution in [3.63, 3.8) is 0 Å². The van der Waals surface area contributed by atoms with Gasteiger partial charge in [0.2, 0.25) is 0 Å². The van der Waals surface area contributed by atoms with Crippen molar-refractivity contribution in [1.29, 1.82) is 0 Å². The van der Waals surface area contributed by atoms with Crippen molar-refractivity contribution >= 4 is 15.8 Å². The van der Waals surface area contributed by atoms with E-state index in [9.17, 15) is 26.4 Å². The third-order valence-corrected chi connectivity index (χ3v) is 4.98. The maximum atomic E-state index is 12.9. The van der Waals surface area contributed by atoms with Crippen LogP contribution in [0.5, 0.6) is 0 Å². The number of rotatable bonds is 5. The first-order chi connectivity index (χ1) is 9.60. The van der Waals surface area contributed by atoms with Crippen LogP contribution in [-0.4, -0.2) is 26.2 Å². The molecule has 1 unspecified atom stereocenters. The molecule has 0 saturated heterocycles. The van der Waals surface area contributed by atoms with Crippen molar-refractivity contribution in [2.24, 2.45) is 0 Å². The van der Waals surface area contributed by atoms with E-state index in [1.807, 2.05) is 0 Å². The van der Waals surface area contributed by atoms with Gasteiger partial charge < -0.3 is 4.74 Å². The van der Waals surface area contributed by atoms with E-state index < -0.39 is 44.1 Å². The zero-order valence-corrected chi connectivity index (χ0v) is 12.3. The lowest BCUT2D eigenvalue weighted by molar-refractivity contribution is -0.143. The van der Waals surface area contributed by atoms with Gasteiger partial charge in [0.25, 0.3) is 0 Å². The molecule has 0 amide bonds. The number of hydrogen-bond acceptors (Lipinski definition) is 4. The van der Waals surface area contributed by atoms with Gasteiger partial charge in [-0.3, -0.25) is 4.79 Å². The Labute approximate surface area is 120 Å². The molecule has 1 aromatic rings. The fraction of sp³-hybridized carbons (Fsp3) is 0.462. The molecule has 0 aliphatic carbocycles. The second-order valence-corrected chi connectivity index (χ2v) is 6.69. The summed E-state index contributed by atoms with van der Waals surface area (Å²) in [5.74, 6) is -0.766. The molecule has 0 fully saturated rings. The molecule has 0 radical (unpaired) electrons. The van der Waals surface area contributed by atoms with Gasteiger partial charge in [0.15, 0.2) is 9.84 Å². The highest BCUT2D eigenvalue weighted by Gasteiger charge is 2.38. The van der Waals surface area contributed by atoms with Gasteiger partial charge in [0, 0.05) is 0 Å². The maximum absolute atomic E-state index is 12.9. The molecule has 0 aliphatic rings. The molecule has 8 heteroatoms. The number of sulfone groups is 1. The molecule has 0 heterocycles. The highest BCUT2D eigenvalue weighted by atomic mass is 32.2. The van der Waals surface area contributed by atoms with E-state index in [1.54, 1.807) is 6.92 Å². The van der Waals surface area contributed by atoms with Crippen LogP contribution in [0.4, 0.5) is 13.2 Å². The number of hydrogen-bond donors (Lipinski definition) is 0. The van der Waals surface area contributed by atoms with Crippen molar-refractivity contribution in [3.05, 3.63) is 29.8 Å². The first kappa shape index (κ1) is 17.5. The van der Waals surface area contributed by atoms with Crippen LogP contribution in [0.3, 0.4) is 0 Å². The van der Waals surface area contributed by atoms with Crippen molar-refractivity contribution in [1.82, 2.24) is 0 Å². The zero-order chi connectivity index (χ0) is 16.3. The fourth-order valence-electron chi connectivity index (χ4n) is 1.73. The van der Waals surface area contributed by atoms with Crippen molar-refractivity contribution < 1.29 is 31.1 Å². The third-order valence-electron chi connectivity index (χ3n) is 2.79. The second kappa shape index (κ2) is 6.46. The monoisotopic (exact) mass is 324 g/mol. The SMILES string of the molecule is CCOC(=O)CC(C)S(=O)(=O)c1ccccc1C(F)(F)F. The minimum Gasteiger partial charge on any atom is -0.466 e. The van der Waals surface area contributed by atoms with Crippen LogP contribution in [-0.2, 0) is 25.5 Å². The molecule has 0 saturated carbocycles. The zero-order valence-electron chi connectivity index (χ0n) is 11.5. The molecular weight excluding hydrogens is 309 g/mol. The van der Waals surface area contributed by atoms with Gasteiger partial charge in [0.1, 0.15) is 0 Å². The van der Waals surface area contributed by atoms with Crippen LogP contribution in [0, 0.1) is 0 Å². The Morgan fingerprint density at radius 1 is 1.29 bits per heavy atom. The first-order valence-electron chi connectivity index (χ1n) is 6.16. The van der Waals surface area contributed by atoms with Gasteiger partial charge in [-0.15, -0.1) is 0 Å². The topological polar surface area (TPSA) is 60.4 Å². The quantitative estimate of drug-likeness (QED) is 0.782. The van der Waals surface area contributed by atoms with Crippen LogP contribution in [0.1, 0.15) is 25.8 Å². The average molecular weight is 324 g/mol. The lowest BCUT2D eigenvalue weighted by Gasteiger charge is -2.16. The van der Waals surface area contributed by atoms with E-state index >= 15 is 0 Å². The average Bonchev–Trinajstić information content (AvgIpc) is 2.37. The number of ether oxygens (including phenoxy) is 1. The van der Waals surface area contributed by atoms with Gasteiger partial charge in [-0.2, -0.15) is 13.2 Å². The molecule has 1 aromatic carbocycles. The summed E-state index contributed by atoms with van der Waals surface area (Å²) in [5, 5.41) is -1.31. The van der Waals surface area contributed by atoms with E-state index in [0.717, 1.165) is 12.1 Å². The molecule has 0 spiro atoms. The van der Waals surface area contributed by atoms with Crippen LogP contribution in [0.2, 0.25) is 0 Å². The summed E-state index contributed by atoms with van der Waals surface area (Å²) in [5.41, 5.74) is -1.24. The molecular formula is C13H15F3O4S. The Balaban J connectivity index is 3.17. The predicted molar refractivity (Wildman–Crippen MR) is 69.3 cm³/mol. The fourth-order valence-corrected chi connectivity index (χ4v) is 3.28. The molecule has 118 valence electrons. The smallest absolute Gasteiger partial charge is 0.417 e. The van der Waals surface area contributed by atoms with E-state index in [0.29, 0.717) is 6.07 Å². The summed E-state index contributed by atoms with van der Waals surface area (Å²) in [6.07, 6.45) is -5.28. The minimum atomic E-state index is -4.78. The number of benzene rings is 1. The molecule has 1 rings (SSSR count). The highest BCUT2D eigenvalue weighted by Crippen LogP contribution is 2.35. The normalized spacial score (nSPS) is 13.8.